The van der Waals surface area contributed by atoms with Crippen LogP contribution in [0.15, 0.2) is 59.1 Å². The molecule has 1 aromatic heterocycles. The van der Waals surface area contributed by atoms with Crippen LogP contribution in [0.5, 0.6) is 0 Å². The Balaban J connectivity index is 1.31. The first-order valence-electron chi connectivity index (χ1n) is 10.9. The molecule has 0 saturated carbocycles. The van der Waals surface area contributed by atoms with Crippen molar-refractivity contribution in [3.05, 3.63) is 77.2 Å². The Kier molecular flexibility index (Phi) is 5.25. The number of carbonyl (C=O) groups excluding carboxylic acids is 2. The van der Waals surface area contributed by atoms with Crippen LogP contribution in [-0.2, 0) is 22.6 Å². The number of hydrogen-bond donors (Lipinski definition) is 0. The fourth-order valence-corrected chi connectivity index (χ4v) is 4.67. The highest BCUT2D eigenvalue weighted by Crippen LogP contribution is 2.33. The summed E-state index contributed by atoms with van der Waals surface area (Å²) in [7, 11) is 0. The molecule has 1 fully saturated rings. The highest BCUT2D eigenvalue weighted by Gasteiger charge is 2.40. The molecule has 2 atom stereocenters. The van der Waals surface area contributed by atoms with E-state index in [0.29, 0.717) is 31.8 Å². The summed E-state index contributed by atoms with van der Waals surface area (Å²) >= 11 is 0. The molecular weight excluding hydrogens is 409 g/mol. The quantitative estimate of drug-likeness (QED) is 0.624. The maximum Gasteiger partial charge on any atom is 0.228 e. The topological polar surface area (TPSA) is 66.7 Å². The molecule has 5 rings (SSSR count). The lowest BCUT2D eigenvalue weighted by atomic mass is 9.99. The van der Waals surface area contributed by atoms with Gasteiger partial charge in [-0.2, -0.15) is 0 Å². The van der Waals surface area contributed by atoms with Crippen molar-refractivity contribution in [2.24, 2.45) is 5.92 Å². The van der Waals surface area contributed by atoms with Crippen LogP contribution >= 0.6 is 0 Å². The van der Waals surface area contributed by atoms with Gasteiger partial charge in [-0.25, -0.2) is 4.39 Å². The lowest BCUT2D eigenvalue weighted by molar-refractivity contribution is -0.136. The molecule has 7 heteroatoms. The molecule has 2 amide bonds. The fraction of sp³-hybridized carbons (Fsp3) is 0.320. The molecule has 164 valence electrons. The first-order valence-corrected chi connectivity index (χ1v) is 10.9. The van der Waals surface area contributed by atoms with Gasteiger partial charge in [0.15, 0.2) is 5.76 Å². The van der Waals surface area contributed by atoms with Crippen molar-refractivity contribution in [2.75, 3.05) is 13.1 Å². The lowest BCUT2D eigenvalue weighted by Gasteiger charge is -2.29. The van der Waals surface area contributed by atoms with Crippen molar-refractivity contribution in [2.45, 2.75) is 32.4 Å². The van der Waals surface area contributed by atoms with Crippen molar-refractivity contribution >= 4 is 11.8 Å². The molecule has 3 aromatic rings. The van der Waals surface area contributed by atoms with E-state index in [2.05, 4.69) is 5.16 Å². The molecule has 32 heavy (non-hydrogen) atoms. The van der Waals surface area contributed by atoms with Gasteiger partial charge in [0, 0.05) is 37.1 Å². The van der Waals surface area contributed by atoms with Crippen molar-refractivity contribution in [3.8, 4) is 11.3 Å². The molecule has 0 aliphatic carbocycles. The third-order valence-electron chi connectivity index (χ3n) is 6.51. The van der Waals surface area contributed by atoms with E-state index in [1.165, 1.54) is 12.1 Å². The van der Waals surface area contributed by atoms with Crippen LogP contribution in [0.1, 0.15) is 36.2 Å². The second-order valence-corrected chi connectivity index (χ2v) is 8.49. The van der Waals surface area contributed by atoms with Gasteiger partial charge in [-0.3, -0.25) is 9.59 Å². The van der Waals surface area contributed by atoms with E-state index in [4.69, 9.17) is 4.52 Å². The van der Waals surface area contributed by atoms with Crippen molar-refractivity contribution < 1.29 is 18.5 Å². The Morgan fingerprint density at radius 1 is 1.16 bits per heavy atom. The van der Waals surface area contributed by atoms with E-state index >= 15 is 0 Å². The molecule has 2 unspecified atom stereocenters. The van der Waals surface area contributed by atoms with Gasteiger partial charge in [0.2, 0.25) is 11.8 Å². The summed E-state index contributed by atoms with van der Waals surface area (Å²) in [4.78, 5) is 29.6. The predicted molar refractivity (Wildman–Crippen MR) is 116 cm³/mol. The predicted octanol–water partition coefficient (Wildman–Crippen LogP) is 3.98. The number of rotatable bonds is 4. The minimum absolute atomic E-state index is 0.00869. The minimum atomic E-state index is -0.357. The number of likely N-dealkylation sites (tertiary alicyclic amines) is 1. The van der Waals surface area contributed by atoms with Crippen LogP contribution < -0.4 is 0 Å². The van der Waals surface area contributed by atoms with E-state index < -0.39 is 0 Å². The second-order valence-electron chi connectivity index (χ2n) is 8.49. The standard InChI is InChI=1S/C25H24FN3O3/c1-16(17-5-3-2-4-6-17)29-14-19(13-23(29)30)25(31)28-12-11-22-21(15-28)24(32-27-22)18-7-9-20(26)10-8-18/h2-10,16,19H,11-15H2,1H3. The summed E-state index contributed by atoms with van der Waals surface area (Å²) in [6.07, 6.45) is 0.824. The summed E-state index contributed by atoms with van der Waals surface area (Å²) in [5.41, 5.74) is 3.48. The zero-order valence-electron chi connectivity index (χ0n) is 17.8. The highest BCUT2D eigenvalue weighted by molar-refractivity contribution is 5.89. The number of hydrogen-bond acceptors (Lipinski definition) is 4. The summed E-state index contributed by atoms with van der Waals surface area (Å²) < 4.78 is 18.8. The van der Waals surface area contributed by atoms with Gasteiger partial charge in [0.1, 0.15) is 5.82 Å². The molecule has 0 radical (unpaired) electrons. The average molecular weight is 433 g/mol. The van der Waals surface area contributed by atoms with Gasteiger partial charge in [0.25, 0.3) is 0 Å². The van der Waals surface area contributed by atoms with Crippen LogP contribution in [0.3, 0.4) is 0 Å². The molecule has 0 spiro atoms. The molecule has 2 aliphatic heterocycles. The maximum absolute atomic E-state index is 13.3. The van der Waals surface area contributed by atoms with Crippen LogP contribution in [-0.4, -0.2) is 39.9 Å². The molecule has 0 bridgehead atoms. The number of nitrogens with zero attached hydrogens (tertiary/aromatic N) is 3. The number of halogens is 1. The van der Waals surface area contributed by atoms with E-state index in [1.807, 2.05) is 37.3 Å². The molecule has 1 saturated heterocycles. The average Bonchev–Trinajstić information content (AvgIpc) is 3.42. The maximum atomic E-state index is 13.3. The van der Waals surface area contributed by atoms with Crippen LogP contribution in [0.25, 0.3) is 11.3 Å². The largest absolute Gasteiger partial charge is 0.356 e. The SMILES string of the molecule is CC(c1ccccc1)N1CC(C(=O)N2CCc3noc(-c4ccc(F)cc4)c3C2)CC1=O. The van der Waals surface area contributed by atoms with Gasteiger partial charge in [-0.15, -0.1) is 0 Å². The smallest absolute Gasteiger partial charge is 0.228 e. The van der Waals surface area contributed by atoms with Crippen molar-refractivity contribution in [1.82, 2.24) is 15.0 Å². The van der Waals surface area contributed by atoms with Gasteiger partial charge >= 0.3 is 0 Å². The molecular formula is C25H24FN3O3. The van der Waals surface area contributed by atoms with E-state index in [-0.39, 0.29) is 36.0 Å². The number of amides is 2. The van der Waals surface area contributed by atoms with Gasteiger partial charge in [-0.1, -0.05) is 35.5 Å². The van der Waals surface area contributed by atoms with Crippen LogP contribution in [0.4, 0.5) is 4.39 Å². The summed E-state index contributed by atoms with van der Waals surface area (Å²) in [5.74, 6) is -0.116. The summed E-state index contributed by atoms with van der Waals surface area (Å²) in [5, 5.41) is 4.16. The molecule has 2 aromatic carbocycles. The normalized spacial score (nSPS) is 19.2. The Bertz CT molecular complexity index is 1140. The number of carbonyl (C=O) groups is 2. The van der Waals surface area contributed by atoms with Crippen molar-refractivity contribution in [1.29, 1.82) is 0 Å². The van der Waals surface area contributed by atoms with E-state index in [1.54, 1.807) is 21.9 Å². The Hall–Kier alpha value is -3.48. The monoisotopic (exact) mass is 433 g/mol. The van der Waals surface area contributed by atoms with E-state index in [9.17, 15) is 14.0 Å². The zero-order valence-corrected chi connectivity index (χ0v) is 17.8. The highest BCUT2D eigenvalue weighted by atomic mass is 19.1. The first kappa shape index (κ1) is 20.4. The number of benzene rings is 2. The lowest BCUT2D eigenvalue weighted by Crippen LogP contribution is -2.40. The molecule has 0 N–H and O–H groups in total. The van der Waals surface area contributed by atoms with E-state index in [0.717, 1.165) is 22.4 Å². The van der Waals surface area contributed by atoms with Crippen molar-refractivity contribution in [3.63, 3.8) is 0 Å². The Labute approximate surface area is 185 Å². The number of aromatic nitrogens is 1. The molecule has 3 heterocycles. The molecule has 6 nitrogen and oxygen atoms in total. The third-order valence-corrected chi connectivity index (χ3v) is 6.51. The minimum Gasteiger partial charge on any atom is -0.356 e. The number of fused-ring (bicyclic) bond motifs is 1. The zero-order chi connectivity index (χ0) is 22.2. The summed E-state index contributed by atoms with van der Waals surface area (Å²) in [6, 6.07) is 15.8. The van der Waals surface area contributed by atoms with Gasteiger partial charge in [-0.05, 0) is 36.8 Å². The molecule has 2 aliphatic rings. The second kappa shape index (κ2) is 8.22. The van der Waals surface area contributed by atoms with Crippen LogP contribution in [0, 0.1) is 11.7 Å². The summed E-state index contributed by atoms with van der Waals surface area (Å²) in [6.45, 7) is 3.34. The first-order chi connectivity index (χ1) is 15.5. The van der Waals surface area contributed by atoms with Crippen LogP contribution in [0.2, 0.25) is 0 Å². The van der Waals surface area contributed by atoms with Gasteiger partial charge < -0.3 is 14.3 Å². The third kappa shape index (κ3) is 3.68. The Morgan fingerprint density at radius 2 is 1.91 bits per heavy atom. The fourth-order valence-electron chi connectivity index (χ4n) is 4.67. The Morgan fingerprint density at radius 3 is 2.66 bits per heavy atom. The van der Waals surface area contributed by atoms with Gasteiger partial charge in [0.05, 0.1) is 24.2 Å².